The Balaban J connectivity index is 2.03. The van der Waals surface area contributed by atoms with Crippen LogP contribution < -0.4 is 11.2 Å². The van der Waals surface area contributed by atoms with E-state index in [4.69, 9.17) is 0 Å². The Morgan fingerprint density at radius 1 is 1.00 bits per heavy atom. The molecule has 1 aromatic heterocycles. The minimum Gasteiger partial charge on any atom is -0.494 e. The molecule has 0 fully saturated rings. The molecule has 3 N–H and O–H groups in total. The van der Waals surface area contributed by atoms with E-state index in [0.717, 1.165) is 5.69 Å². The highest BCUT2D eigenvalue weighted by Crippen LogP contribution is 2.08. The van der Waals surface area contributed by atoms with Gasteiger partial charge in [0.2, 0.25) is 5.88 Å². The number of nitrogens with zero attached hydrogens (tertiary/aromatic N) is 1. The zero-order valence-corrected chi connectivity index (χ0v) is 11.0. The molecule has 0 aliphatic rings. The molecule has 0 aliphatic carbocycles. The fraction of sp³-hybridized carbons (Fsp3) is 0. The lowest BCUT2D eigenvalue weighted by atomic mass is 10.3. The average molecular weight is 283 g/mol. The number of nitrogens with one attached hydrogen (secondary N) is 2. The molecule has 21 heavy (non-hydrogen) atoms. The third kappa shape index (κ3) is 4.17. The molecule has 2 aromatic rings. The van der Waals surface area contributed by atoms with Gasteiger partial charge in [0.05, 0.1) is 11.3 Å². The molecular weight excluding hydrogens is 270 g/mol. The number of aromatic hydroxyl groups is 1. The summed E-state index contributed by atoms with van der Waals surface area (Å²) in [5, 5.41) is 9.45. The highest BCUT2D eigenvalue weighted by Gasteiger charge is 2.03. The normalized spacial score (nSPS) is 11.8. The van der Waals surface area contributed by atoms with Crippen LogP contribution in [0.5, 0.6) is 5.88 Å². The molecule has 0 spiro atoms. The maximum atomic E-state index is 11.4. The van der Waals surface area contributed by atoms with E-state index in [1.807, 2.05) is 35.3 Å². The molecule has 0 unspecified atom stereocenters. The number of allylic oxidation sites excluding steroid dienone is 3. The number of rotatable bonds is 4. The van der Waals surface area contributed by atoms with Gasteiger partial charge in [0.25, 0.3) is 5.56 Å². The molecule has 0 amide bonds. The maximum absolute atomic E-state index is 11.4. The van der Waals surface area contributed by atoms with Crippen molar-refractivity contribution in [2.45, 2.75) is 0 Å². The van der Waals surface area contributed by atoms with Crippen LogP contribution in [0.2, 0.25) is 0 Å². The first kappa shape index (κ1) is 14.3. The molecule has 0 saturated carbocycles. The number of aromatic nitrogens is 2. The number of hydrogen-bond acceptors (Lipinski definition) is 4. The third-order valence-corrected chi connectivity index (χ3v) is 2.51. The van der Waals surface area contributed by atoms with Gasteiger partial charge >= 0.3 is 5.69 Å². The van der Waals surface area contributed by atoms with E-state index in [1.165, 1.54) is 6.08 Å². The largest absolute Gasteiger partial charge is 0.494 e. The van der Waals surface area contributed by atoms with Crippen molar-refractivity contribution in [1.82, 2.24) is 9.97 Å². The van der Waals surface area contributed by atoms with Crippen molar-refractivity contribution in [3.63, 3.8) is 0 Å². The van der Waals surface area contributed by atoms with Crippen molar-refractivity contribution >= 4 is 18.0 Å². The fourth-order valence-corrected chi connectivity index (χ4v) is 1.55. The van der Waals surface area contributed by atoms with Crippen LogP contribution in [-0.4, -0.2) is 21.3 Å². The molecule has 6 heteroatoms. The second-order valence-electron chi connectivity index (χ2n) is 4.03. The molecule has 2 rings (SSSR count). The van der Waals surface area contributed by atoms with Crippen LogP contribution in [0.25, 0.3) is 6.08 Å². The summed E-state index contributed by atoms with van der Waals surface area (Å²) in [5.41, 5.74) is -0.584. The molecule has 0 atom stereocenters. The van der Waals surface area contributed by atoms with Crippen molar-refractivity contribution in [3.05, 3.63) is 75.0 Å². The Bertz CT molecular complexity index is 799. The lowest BCUT2D eigenvalue weighted by Gasteiger charge is -1.94. The number of aliphatic imine (C=N–C) groups is 1. The van der Waals surface area contributed by atoms with Crippen molar-refractivity contribution in [2.24, 2.45) is 4.99 Å². The topological polar surface area (TPSA) is 98.3 Å². The molecule has 1 aromatic carbocycles. The van der Waals surface area contributed by atoms with E-state index >= 15 is 0 Å². The van der Waals surface area contributed by atoms with Crippen LogP contribution in [0.4, 0.5) is 5.69 Å². The summed E-state index contributed by atoms with van der Waals surface area (Å²) in [7, 11) is 0. The molecule has 0 aliphatic heterocycles. The van der Waals surface area contributed by atoms with E-state index in [0.29, 0.717) is 0 Å². The lowest BCUT2D eigenvalue weighted by molar-refractivity contribution is 0.447. The van der Waals surface area contributed by atoms with Gasteiger partial charge in [-0.05, 0) is 24.3 Å². The van der Waals surface area contributed by atoms with Gasteiger partial charge in [0, 0.05) is 6.21 Å². The summed E-state index contributed by atoms with van der Waals surface area (Å²) < 4.78 is 0. The number of benzene rings is 1. The number of para-hydroxylation sites is 1. The summed E-state index contributed by atoms with van der Waals surface area (Å²) in [6, 6.07) is 9.44. The van der Waals surface area contributed by atoms with Crippen LogP contribution in [0.1, 0.15) is 5.56 Å². The van der Waals surface area contributed by atoms with Crippen molar-refractivity contribution in [1.29, 1.82) is 0 Å². The quantitative estimate of drug-likeness (QED) is 0.588. The Kier molecular flexibility index (Phi) is 4.66. The lowest BCUT2D eigenvalue weighted by Crippen LogP contribution is -2.23. The monoisotopic (exact) mass is 283 g/mol. The van der Waals surface area contributed by atoms with Gasteiger partial charge in [-0.25, -0.2) is 4.79 Å². The number of aromatic amines is 2. The van der Waals surface area contributed by atoms with E-state index < -0.39 is 17.1 Å². The predicted molar refractivity (Wildman–Crippen MR) is 82.1 cm³/mol. The van der Waals surface area contributed by atoms with Crippen LogP contribution in [0.3, 0.4) is 0 Å². The Morgan fingerprint density at radius 2 is 1.76 bits per heavy atom. The highest BCUT2D eigenvalue weighted by molar-refractivity contribution is 5.75. The second kappa shape index (κ2) is 6.85. The summed E-state index contributed by atoms with van der Waals surface area (Å²) in [6.07, 6.45) is 7.88. The van der Waals surface area contributed by atoms with Gasteiger partial charge in [-0.2, -0.15) is 0 Å². The molecule has 0 saturated heterocycles. The molecule has 1 heterocycles. The Morgan fingerprint density at radius 3 is 2.48 bits per heavy atom. The van der Waals surface area contributed by atoms with Crippen LogP contribution in [0.15, 0.2) is 63.1 Å². The summed E-state index contributed by atoms with van der Waals surface area (Å²) in [4.78, 5) is 30.6. The third-order valence-electron chi connectivity index (χ3n) is 2.51. The Hall–Kier alpha value is -3.15. The van der Waals surface area contributed by atoms with Gasteiger partial charge in [-0.15, -0.1) is 0 Å². The van der Waals surface area contributed by atoms with Crippen molar-refractivity contribution in [3.8, 4) is 5.88 Å². The van der Waals surface area contributed by atoms with Crippen molar-refractivity contribution < 1.29 is 5.11 Å². The molecule has 6 nitrogen and oxygen atoms in total. The smallest absolute Gasteiger partial charge is 0.328 e. The first-order valence-electron chi connectivity index (χ1n) is 6.15. The van der Waals surface area contributed by atoms with E-state index in [1.54, 1.807) is 24.4 Å². The number of hydrogen-bond donors (Lipinski definition) is 3. The average Bonchev–Trinajstić information content (AvgIpc) is 2.45. The zero-order chi connectivity index (χ0) is 15.1. The molecule has 0 radical (unpaired) electrons. The van der Waals surface area contributed by atoms with Crippen LogP contribution in [-0.2, 0) is 0 Å². The minimum atomic E-state index is -0.750. The van der Waals surface area contributed by atoms with Gasteiger partial charge in [0.1, 0.15) is 0 Å². The summed E-state index contributed by atoms with van der Waals surface area (Å²) >= 11 is 0. The molecule has 0 bridgehead atoms. The first-order valence-corrected chi connectivity index (χ1v) is 6.15. The SMILES string of the molecule is O=c1[nH]c(O)c(C=CC=CC=Nc2ccccc2)c(=O)[nH]1. The first-order chi connectivity index (χ1) is 10.2. The molecular formula is C15H13N3O3. The predicted octanol–water partition coefficient (Wildman–Crippen LogP) is 1.74. The van der Waals surface area contributed by atoms with E-state index in [2.05, 4.69) is 9.98 Å². The zero-order valence-electron chi connectivity index (χ0n) is 11.0. The van der Waals surface area contributed by atoms with Gasteiger partial charge in [-0.1, -0.05) is 30.4 Å². The molecule has 106 valence electrons. The Labute approximate surface area is 119 Å². The van der Waals surface area contributed by atoms with Crippen molar-refractivity contribution in [2.75, 3.05) is 0 Å². The van der Waals surface area contributed by atoms with Gasteiger partial charge < -0.3 is 5.11 Å². The summed E-state index contributed by atoms with van der Waals surface area (Å²) in [6.45, 7) is 0. The number of H-pyrrole nitrogens is 2. The standard InChI is InChI=1S/C15H13N3O3/c19-13-12(14(20)18-15(21)17-13)9-5-2-6-10-16-11-7-3-1-4-8-11/h1-10H,(H3,17,18,19,20,21). The second-order valence-corrected chi connectivity index (χ2v) is 4.03. The fourth-order valence-electron chi connectivity index (χ4n) is 1.55. The van der Waals surface area contributed by atoms with E-state index in [-0.39, 0.29) is 5.56 Å². The van der Waals surface area contributed by atoms with Crippen LogP contribution >= 0.6 is 0 Å². The summed E-state index contributed by atoms with van der Waals surface area (Å²) in [5.74, 6) is -0.466. The van der Waals surface area contributed by atoms with E-state index in [9.17, 15) is 14.7 Å². The van der Waals surface area contributed by atoms with Crippen LogP contribution in [0, 0.1) is 0 Å². The highest BCUT2D eigenvalue weighted by atomic mass is 16.3. The van der Waals surface area contributed by atoms with Gasteiger partial charge in [-0.3, -0.25) is 19.8 Å². The maximum Gasteiger partial charge on any atom is 0.328 e. The minimum absolute atomic E-state index is 0.0146. The van der Waals surface area contributed by atoms with Gasteiger partial charge in [0.15, 0.2) is 0 Å².